The van der Waals surface area contributed by atoms with Gasteiger partial charge in [-0.1, -0.05) is 13.8 Å². The number of rotatable bonds is 5. The molecule has 88 valence electrons. The lowest BCUT2D eigenvalue weighted by Crippen LogP contribution is -2.09. The Hall–Kier alpha value is -1.42. The molecule has 0 aliphatic rings. The summed E-state index contributed by atoms with van der Waals surface area (Å²) in [4.78, 5) is 15.6. The normalized spacial score (nSPS) is 10.5. The predicted molar refractivity (Wildman–Crippen MR) is 61.9 cm³/mol. The molecule has 0 fully saturated rings. The van der Waals surface area contributed by atoms with E-state index in [2.05, 4.69) is 18.8 Å². The SMILES string of the molecule is CC(C)CCOC(=O)c1ccnc(CN)c1. The number of aromatic nitrogens is 1. The van der Waals surface area contributed by atoms with Crippen LogP contribution in [0, 0.1) is 5.92 Å². The molecule has 0 saturated heterocycles. The number of carbonyl (C=O) groups excluding carboxylic acids is 1. The van der Waals surface area contributed by atoms with E-state index in [9.17, 15) is 4.79 Å². The zero-order chi connectivity index (χ0) is 12.0. The molecule has 0 aliphatic heterocycles. The number of hydrogen-bond donors (Lipinski definition) is 1. The van der Waals surface area contributed by atoms with Gasteiger partial charge >= 0.3 is 5.97 Å². The third kappa shape index (κ3) is 3.98. The van der Waals surface area contributed by atoms with Crippen molar-refractivity contribution in [3.63, 3.8) is 0 Å². The highest BCUT2D eigenvalue weighted by atomic mass is 16.5. The maximum atomic E-state index is 11.6. The minimum atomic E-state index is -0.308. The van der Waals surface area contributed by atoms with E-state index >= 15 is 0 Å². The van der Waals surface area contributed by atoms with Crippen LogP contribution in [-0.4, -0.2) is 17.6 Å². The molecule has 0 unspecified atom stereocenters. The van der Waals surface area contributed by atoms with E-state index in [0.29, 0.717) is 30.3 Å². The number of hydrogen-bond acceptors (Lipinski definition) is 4. The maximum Gasteiger partial charge on any atom is 0.338 e. The van der Waals surface area contributed by atoms with E-state index in [1.807, 2.05) is 0 Å². The van der Waals surface area contributed by atoms with Crippen LogP contribution in [0.15, 0.2) is 18.3 Å². The van der Waals surface area contributed by atoms with Crippen molar-refractivity contribution in [2.24, 2.45) is 11.7 Å². The second kappa shape index (κ2) is 6.23. The van der Waals surface area contributed by atoms with Gasteiger partial charge in [-0.15, -0.1) is 0 Å². The first kappa shape index (κ1) is 12.6. The molecule has 0 spiro atoms. The summed E-state index contributed by atoms with van der Waals surface area (Å²) in [5.41, 5.74) is 6.65. The van der Waals surface area contributed by atoms with Gasteiger partial charge in [-0.2, -0.15) is 0 Å². The number of ether oxygens (including phenoxy) is 1. The van der Waals surface area contributed by atoms with Gasteiger partial charge in [-0.05, 0) is 24.5 Å². The van der Waals surface area contributed by atoms with Gasteiger partial charge < -0.3 is 10.5 Å². The van der Waals surface area contributed by atoms with Crippen molar-refractivity contribution in [2.45, 2.75) is 26.8 Å². The van der Waals surface area contributed by atoms with Crippen LogP contribution in [-0.2, 0) is 11.3 Å². The number of pyridine rings is 1. The molecule has 0 aromatic carbocycles. The number of esters is 1. The van der Waals surface area contributed by atoms with Gasteiger partial charge in [0.1, 0.15) is 0 Å². The molecule has 1 aromatic heterocycles. The Morgan fingerprint density at radius 1 is 1.56 bits per heavy atom. The lowest BCUT2D eigenvalue weighted by Gasteiger charge is -2.07. The summed E-state index contributed by atoms with van der Waals surface area (Å²) in [5.74, 6) is 0.225. The second-order valence-corrected chi connectivity index (χ2v) is 4.06. The summed E-state index contributed by atoms with van der Waals surface area (Å²) in [6.45, 7) is 4.96. The van der Waals surface area contributed by atoms with Gasteiger partial charge in [0.2, 0.25) is 0 Å². The Morgan fingerprint density at radius 3 is 2.94 bits per heavy atom. The monoisotopic (exact) mass is 222 g/mol. The zero-order valence-corrected chi connectivity index (χ0v) is 9.77. The fourth-order valence-corrected chi connectivity index (χ4v) is 1.19. The first-order valence-corrected chi connectivity index (χ1v) is 5.45. The van der Waals surface area contributed by atoms with Gasteiger partial charge in [-0.25, -0.2) is 4.79 Å². The molecule has 16 heavy (non-hydrogen) atoms. The van der Waals surface area contributed by atoms with Crippen molar-refractivity contribution < 1.29 is 9.53 Å². The molecule has 0 radical (unpaired) electrons. The van der Waals surface area contributed by atoms with Crippen LogP contribution in [0.2, 0.25) is 0 Å². The van der Waals surface area contributed by atoms with Crippen molar-refractivity contribution in [1.82, 2.24) is 4.98 Å². The number of carbonyl (C=O) groups is 1. The molecular formula is C12H18N2O2. The Morgan fingerprint density at radius 2 is 2.31 bits per heavy atom. The first-order valence-electron chi connectivity index (χ1n) is 5.45. The minimum absolute atomic E-state index is 0.308. The molecule has 4 nitrogen and oxygen atoms in total. The highest BCUT2D eigenvalue weighted by Crippen LogP contribution is 2.05. The summed E-state index contributed by atoms with van der Waals surface area (Å²) >= 11 is 0. The van der Waals surface area contributed by atoms with Crippen molar-refractivity contribution >= 4 is 5.97 Å². The van der Waals surface area contributed by atoms with Crippen LogP contribution < -0.4 is 5.73 Å². The molecule has 0 amide bonds. The van der Waals surface area contributed by atoms with Gasteiger partial charge in [-0.3, -0.25) is 4.98 Å². The first-order chi connectivity index (χ1) is 7.63. The molecule has 1 aromatic rings. The highest BCUT2D eigenvalue weighted by molar-refractivity contribution is 5.89. The van der Waals surface area contributed by atoms with Crippen molar-refractivity contribution in [1.29, 1.82) is 0 Å². The molecule has 0 atom stereocenters. The Labute approximate surface area is 95.8 Å². The van der Waals surface area contributed by atoms with E-state index in [-0.39, 0.29) is 5.97 Å². The third-order valence-electron chi connectivity index (χ3n) is 2.19. The van der Waals surface area contributed by atoms with E-state index in [1.165, 1.54) is 0 Å². The van der Waals surface area contributed by atoms with Gasteiger partial charge in [0.05, 0.1) is 17.9 Å². The molecule has 4 heteroatoms. The topological polar surface area (TPSA) is 65.2 Å². The van der Waals surface area contributed by atoms with Crippen LogP contribution in [0.25, 0.3) is 0 Å². The van der Waals surface area contributed by atoms with Gasteiger partial charge in [0, 0.05) is 12.7 Å². The maximum absolute atomic E-state index is 11.6. The summed E-state index contributed by atoms with van der Waals surface area (Å²) in [5, 5.41) is 0. The lowest BCUT2D eigenvalue weighted by molar-refractivity contribution is 0.0488. The Balaban J connectivity index is 2.52. The fraction of sp³-hybridized carbons (Fsp3) is 0.500. The average Bonchev–Trinajstić information content (AvgIpc) is 2.28. The van der Waals surface area contributed by atoms with Crippen molar-refractivity contribution in [2.75, 3.05) is 6.61 Å². The van der Waals surface area contributed by atoms with E-state index in [4.69, 9.17) is 10.5 Å². The number of nitrogens with two attached hydrogens (primary N) is 1. The van der Waals surface area contributed by atoms with Gasteiger partial charge in [0.25, 0.3) is 0 Å². The Kier molecular flexibility index (Phi) is 4.92. The Bertz CT molecular complexity index is 351. The lowest BCUT2D eigenvalue weighted by atomic mass is 10.1. The van der Waals surface area contributed by atoms with E-state index < -0.39 is 0 Å². The quantitative estimate of drug-likeness (QED) is 0.771. The van der Waals surface area contributed by atoms with Crippen molar-refractivity contribution in [3.05, 3.63) is 29.6 Å². The number of nitrogens with zero attached hydrogens (tertiary/aromatic N) is 1. The summed E-state index contributed by atoms with van der Waals surface area (Å²) in [6, 6.07) is 3.30. The van der Waals surface area contributed by atoms with Crippen LogP contribution >= 0.6 is 0 Å². The zero-order valence-electron chi connectivity index (χ0n) is 9.77. The summed E-state index contributed by atoms with van der Waals surface area (Å²) in [6.07, 6.45) is 2.45. The standard InChI is InChI=1S/C12H18N2O2/c1-9(2)4-6-16-12(15)10-3-5-14-11(7-10)8-13/h3,5,7,9H,4,6,8,13H2,1-2H3. The molecular weight excluding hydrogens is 204 g/mol. The predicted octanol–water partition coefficient (Wildman–Crippen LogP) is 1.74. The van der Waals surface area contributed by atoms with Crippen molar-refractivity contribution in [3.8, 4) is 0 Å². The second-order valence-electron chi connectivity index (χ2n) is 4.06. The fourth-order valence-electron chi connectivity index (χ4n) is 1.19. The smallest absolute Gasteiger partial charge is 0.338 e. The molecule has 0 aliphatic carbocycles. The van der Waals surface area contributed by atoms with Crippen LogP contribution in [0.1, 0.15) is 36.3 Å². The summed E-state index contributed by atoms with van der Waals surface area (Å²) < 4.78 is 5.13. The highest BCUT2D eigenvalue weighted by Gasteiger charge is 2.08. The molecule has 0 saturated carbocycles. The molecule has 0 bridgehead atoms. The summed E-state index contributed by atoms with van der Waals surface area (Å²) in [7, 11) is 0. The molecule has 1 heterocycles. The van der Waals surface area contributed by atoms with E-state index in [1.54, 1.807) is 18.3 Å². The largest absolute Gasteiger partial charge is 0.462 e. The minimum Gasteiger partial charge on any atom is -0.462 e. The van der Waals surface area contributed by atoms with E-state index in [0.717, 1.165) is 6.42 Å². The van der Waals surface area contributed by atoms with Crippen LogP contribution in [0.4, 0.5) is 0 Å². The molecule has 1 rings (SSSR count). The van der Waals surface area contributed by atoms with Gasteiger partial charge in [0.15, 0.2) is 0 Å². The molecule has 2 N–H and O–H groups in total. The van der Waals surface area contributed by atoms with Crippen LogP contribution in [0.3, 0.4) is 0 Å². The average molecular weight is 222 g/mol. The third-order valence-corrected chi connectivity index (χ3v) is 2.19. The van der Waals surface area contributed by atoms with Crippen LogP contribution in [0.5, 0.6) is 0 Å².